The number of rotatable bonds is 7. The fourth-order valence-electron chi connectivity index (χ4n) is 1.28. The van der Waals surface area contributed by atoms with Gasteiger partial charge in [0.1, 0.15) is 0 Å². The third-order valence-corrected chi connectivity index (χ3v) is 2.03. The highest BCUT2D eigenvalue weighted by molar-refractivity contribution is 5.86. The van der Waals surface area contributed by atoms with Crippen molar-refractivity contribution in [3.63, 3.8) is 0 Å². The molecule has 16 heavy (non-hydrogen) atoms. The van der Waals surface area contributed by atoms with Gasteiger partial charge in [-0.15, -0.1) is 5.10 Å². The Labute approximate surface area is 93.2 Å². The molecule has 0 aliphatic rings. The van der Waals surface area contributed by atoms with Crippen molar-refractivity contribution in [1.29, 1.82) is 0 Å². The van der Waals surface area contributed by atoms with Gasteiger partial charge in [0.05, 0.1) is 18.8 Å². The summed E-state index contributed by atoms with van der Waals surface area (Å²) in [6.07, 6.45) is 0.946. The standard InChI is InChI=1S/C9H16N4O3/c1-2-4-16-5-3-13-7(6-10)8(9(14)15)11-12-13/h2-6,10H2,1H3,(H,14,15). The Morgan fingerprint density at radius 1 is 1.56 bits per heavy atom. The van der Waals surface area contributed by atoms with Crippen molar-refractivity contribution in [3.05, 3.63) is 11.4 Å². The van der Waals surface area contributed by atoms with Gasteiger partial charge in [0.15, 0.2) is 5.69 Å². The normalized spacial score (nSPS) is 10.6. The summed E-state index contributed by atoms with van der Waals surface area (Å²) in [6, 6.07) is 0. The first-order valence-electron chi connectivity index (χ1n) is 5.14. The number of aromatic carboxylic acids is 1. The molecule has 1 aromatic heterocycles. The summed E-state index contributed by atoms with van der Waals surface area (Å²) in [6.45, 7) is 3.74. The Bertz CT molecular complexity index is 351. The van der Waals surface area contributed by atoms with Crippen molar-refractivity contribution in [2.45, 2.75) is 26.4 Å². The summed E-state index contributed by atoms with van der Waals surface area (Å²) in [5.41, 5.74) is 5.80. The van der Waals surface area contributed by atoms with Gasteiger partial charge in [-0.05, 0) is 6.42 Å². The van der Waals surface area contributed by atoms with Gasteiger partial charge in [0, 0.05) is 13.2 Å². The topological polar surface area (TPSA) is 103 Å². The Hall–Kier alpha value is -1.47. The largest absolute Gasteiger partial charge is 0.476 e. The Balaban J connectivity index is 2.62. The average Bonchev–Trinajstić information content (AvgIpc) is 2.67. The van der Waals surface area contributed by atoms with Crippen molar-refractivity contribution in [3.8, 4) is 0 Å². The molecule has 0 bridgehead atoms. The minimum absolute atomic E-state index is 0.0852. The molecule has 7 heteroatoms. The lowest BCUT2D eigenvalue weighted by Gasteiger charge is -2.05. The van der Waals surface area contributed by atoms with E-state index in [1.54, 1.807) is 0 Å². The van der Waals surface area contributed by atoms with E-state index < -0.39 is 5.97 Å². The number of hydrogen-bond acceptors (Lipinski definition) is 5. The molecule has 0 unspecified atom stereocenters. The van der Waals surface area contributed by atoms with Crippen molar-refractivity contribution >= 4 is 5.97 Å². The average molecular weight is 228 g/mol. The first kappa shape index (κ1) is 12.6. The van der Waals surface area contributed by atoms with E-state index in [-0.39, 0.29) is 12.2 Å². The lowest BCUT2D eigenvalue weighted by molar-refractivity contribution is 0.0689. The van der Waals surface area contributed by atoms with Gasteiger partial charge < -0.3 is 15.6 Å². The van der Waals surface area contributed by atoms with Gasteiger partial charge >= 0.3 is 5.97 Å². The molecule has 0 fully saturated rings. The summed E-state index contributed by atoms with van der Waals surface area (Å²) < 4.78 is 6.75. The van der Waals surface area contributed by atoms with Crippen molar-refractivity contribution in [1.82, 2.24) is 15.0 Å². The molecule has 0 saturated carbocycles. The molecule has 0 aliphatic heterocycles. The van der Waals surface area contributed by atoms with E-state index in [0.29, 0.717) is 25.5 Å². The van der Waals surface area contributed by atoms with Crippen LogP contribution < -0.4 is 5.73 Å². The first-order valence-corrected chi connectivity index (χ1v) is 5.14. The molecule has 0 aliphatic carbocycles. The third kappa shape index (κ3) is 3.01. The smallest absolute Gasteiger partial charge is 0.358 e. The number of carboxylic acids is 1. The monoisotopic (exact) mass is 228 g/mol. The van der Waals surface area contributed by atoms with Gasteiger partial charge in [-0.25, -0.2) is 9.48 Å². The van der Waals surface area contributed by atoms with Crippen LogP contribution in [0.1, 0.15) is 29.5 Å². The molecule has 1 rings (SSSR count). The lowest BCUT2D eigenvalue weighted by atomic mass is 10.3. The third-order valence-electron chi connectivity index (χ3n) is 2.03. The number of carbonyl (C=O) groups is 1. The zero-order valence-corrected chi connectivity index (χ0v) is 9.22. The zero-order valence-electron chi connectivity index (χ0n) is 9.22. The molecular weight excluding hydrogens is 212 g/mol. The fourth-order valence-corrected chi connectivity index (χ4v) is 1.28. The molecule has 0 radical (unpaired) electrons. The Morgan fingerprint density at radius 3 is 2.88 bits per heavy atom. The van der Waals surface area contributed by atoms with Crippen LogP contribution in [0.2, 0.25) is 0 Å². The molecule has 0 saturated heterocycles. The number of hydrogen-bond donors (Lipinski definition) is 2. The minimum Gasteiger partial charge on any atom is -0.476 e. The van der Waals surface area contributed by atoms with Crippen molar-refractivity contribution < 1.29 is 14.6 Å². The van der Waals surface area contributed by atoms with Crippen LogP contribution in [0.25, 0.3) is 0 Å². The van der Waals surface area contributed by atoms with E-state index in [1.807, 2.05) is 6.92 Å². The fraction of sp³-hybridized carbons (Fsp3) is 0.667. The molecular formula is C9H16N4O3. The number of aromatic nitrogens is 3. The van der Waals surface area contributed by atoms with E-state index in [2.05, 4.69) is 10.3 Å². The van der Waals surface area contributed by atoms with Crippen LogP contribution in [0, 0.1) is 0 Å². The first-order chi connectivity index (χ1) is 7.70. The van der Waals surface area contributed by atoms with Crippen LogP contribution in [-0.2, 0) is 17.8 Å². The van der Waals surface area contributed by atoms with Crippen LogP contribution >= 0.6 is 0 Å². The lowest BCUT2D eigenvalue weighted by Crippen LogP contribution is -2.15. The summed E-state index contributed by atoms with van der Waals surface area (Å²) in [5, 5.41) is 16.1. The molecule has 1 heterocycles. The van der Waals surface area contributed by atoms with Gasteiger partial charge in [-0.1, -0.05) is 12.1 Å². The number of carboxylic acid groups (broad SMARTS) is 1. The summed E-state index contributed by atoms with van der Waals surface area (Å²) in [5.74, 6) is -1.11. The van der Waals surface area contributed by atoms with Crippen LogP contribution in [0.5, 0.6) is 0 Å². The van der Waals surface area contributed by atoms with E-state index in [9.17, 15) is 4.79 Å². The van der Waals surface area contributed by atoms with Crippen molar-refractivity contribution in [2.24, 2.45) is 5.73 Å². The molecule has 0 aromatic carbocycles. The highest BCUT2D eigenvalue weighted by atomic mass is 16.5. The molecule has 0 amide bonds. The molecule has 7 nitrogen and oxygen atoms in total. The maximum atomic E-state index is 10.8. The van der Waals surface area contributed by atoms with Crippen molar-refractivity contribution in [2.75, 3.05) is 13.2 Å². The van der Waals surface area contributed by atoms with Gasteiger partial charge in [0.2, 0.25) is 0 Å². The number of nitrogens with zero attached hydrogens (tertiary/aromatic N) is 3. The molecule has 1 aromatic rings. The molecule has 0 atom stereocenters. The highest BCUT2D eigenvalue weighted by Crippen LogP contribution is 2.04. The SMILES string of the molecule is CCCOCCn1nnc(C(=O)O)c1CN. The van der Waals surface area contributed by atoms with E-state index in [4.69, 9.17) is 15.6 Å². The van der Waals surface area contributed by atoms with Gasteiger partial charge in [0.25, 0.3) is 0 Å². The molecule has 90 valence electrons. The Kier molecular flexibility index (Phi) is 4.87. The van der Waals surface area contributed by atoms with Gasteiger partial charge in [-0.2, -0.15) is 0 Å². The van der Waals surface area contributed by atoms with E-state index in [0.717, 1.165) is 6.42 Å². The number of nitrogens with two attached hydrogens (primary N) is 1. The molecule has 3 N–H and O–H groups in total. The van der Waals surface area contributed by atoms with Gasteiger partial charge in [-0.3, -0.25) is 0 Å². The van der Waals surface area contributed by atoms with Crippen LogP contribution in [0.15, 0.2) is 0 Å². The maximum absolute atomic E-state index is 10.8. The predicted molar refractivity (Wildman–Crippen MR) is 56.0 cm³/mol. The zero-order chi connectivity index (χ0) is 12.0. The minimum atomic E-state index is -1.11. The maximum Gasteiger partial charge on any atom is 0.358 e. The summed E-state index contributed by atoms with van der Waals surface area (Å²) >= 11 is 0. The second-order valence-electron chi connectivity index (χ2n) is 3.23. The summed E-state index contributed by atoms with van der Waals surface area (Å²) in [7, 11) is 0. The second-order valence-corrected chi connectivity index (χ2v) is 3.23. The van der Waals surface area contributed by atoms with Crippen LogP contribution in [-0.4, -0.2) is 39.3 Å². The predicted octanol–water partition coefficient (Wildman–Crippen LogP) is -0.138. The van der Waals surface area contributed by atoms with E-state index >= 15 is 0 Å². The molecule has 0 spiro atoms. The van der Waals surface area contributed by atoms with Crippen LogP contribution in [0.3, 0.4) is 0 Å². The quantitative estimate of drug-likeness (QED) is 0.630. The second kappa shape index (κ2) is 6.19. The Morgan fingerprint density at radius 2 is 2.31 bits per heavy atom. The van der Waals surface area contributed by atoms with Crippen LogP contribution in [0.4, 0.5) is 0 Å². The van der Waals surface area contributed by atoms with E-state index in [1.165, 1.54) is 4.68 Å². The number of ether oxygens (including phenoxy) is 1. The summed E-state index contributed by atoms with van der Waals surface area (Å²) in [4.78, 5) is 10.8. The highest BCUT2D eigenvalue weighted by Gasteiger charge is 2.17.